The molecule has 16 heavy (non-hydrogen) atoms. The van der Waals surface area contributed by atoms with Crippen molar-refractivity contribution in [3.63, 3.8) is 0 Å². The topological polar surface area (TPSA) is 72.4 Å². The Kier molecular flexibility index (Phi) is 9.55. The zero-order chi connectivity index (χ0) is 10.9. The molecule has 1 aliphatic carbocycles. The Labute approximate surface area is 141 Å². The molecule has 0 radical (unpaired) electrons. The van der Waals surface area contributed by atoms with Crippen LogP contribution in [0.3, 0.4) is 0 Å². The van der Waals surface area contributed by atoms with Gasteiger partial charge in [0.05, 0.1) is 7.11 Å². The van der Waals surface area contributed by atoms with Gasteiger partial charge in [0.25, 0.3) is 0 Å². The molecular weight excluding hydrogens is 230 g/mol. The van der Waals surface area contributed by atoms with Gasteiger partial charge in [0.1, 0.15) is 0 Å². The number of methoxy groups -OCH3 is 1. The average molecular weight is 246 g/mol. The third-order valence-electron chi connectivity index (χ3n) is 2.92. The minimum Gasteiger partial charge on any atom is -0.852 e. The molecule has 82 valence electrons. The average Bonchev–Trinajstić information content (AvgIpc) is 1.99. The SMILES string of the molecule is COC(=O)C1C([O-])CC([O-])CC1(C)C.[Na+].[Na+]. The van der Waals surface area contributed by atoms with Crippen LogP contribution in [0.5, 0.6) is 0 Å². The Balaban J connectivity index is 0. The second-order valence-corrected chi connectivity index (χ2v) is 4.59. The van der Waals surface area contributed by atoms with Gasteiger partial charge in [-0.15, -0.1) is 12.2 Å². The van der Waals surface area contributed by atoms with E-state index in [1.165, 1.54) is 7.11 Å². The monoisotopic (exact) mass is 246 g/mol. The summed E-state index contributed by atoms with van der Waals surface area (Å²) < 4.78 is 4.59. The molecule has 0 N–H and O–H groups in total. The second kappa shape index (κ2) is 7.74. The van der Waals surface area contributed by atoms with Crippen LogP contribution in [0.25, 0.3) is 0 Å². The minimum absolute atomic E-state index is 0. The summed E-state index contributed by atoms with van der Waals surface area (Å²) in [5, 5.41) is 22.9. The van der Waals surface area contributed by atoms with Crippen LogP contribution in [0.4, 0.5) is 0 Å². The number of rotatable bonds is 1. The molecule has 0 aromatic rings. The standard InChI is InChI=1S/C10H16O4.2Na/c1-10(2)5-6(11)4-7(12)8(10)9(13)14-3;;/h6-8H,4-5H2,1-3H3;;/q-2;2*+1. The van der Waals surface area contributed by atoms with E-state index in [1.54, 1.807) is 13.8 Å². The third-order valence-corrected chi connectivity index (χ3v) is 2.92. The van der Waals surface area contributed by atoms with Crippen LogP contribution in [0.1, 0.15) is 26.7 Å². The Morgan fingerprint density at radius 1 is 1.31 bits per heavy atom. The number of ether oxygens (including phenoxy) is 1. The van der Waals surface area contributed by atoms with Gasteiger partial charge in [0.2, 0.25) is 0 Å². The first-order valence-corrected chi connectivity index (χ1v) is 4.78. The number of esters is 1. The van der Waals surface area contributed by atoms with Gasteiger partial charge in [-0.2, -0.15) is 0 Å². The van der Waals surface area contributed by atoms with Gasteiger partial charge in [-0.25, -0.2) is 0 Å². The Morgan fingerprint density at radius 3 is 2.19 bits per heavy atom. The fourth-order valence-electron chi connectivity index (χ4n) is 2.29. The van der Waals surface area contributed by atoms with Crippen molar-refractivity contribution in [2.45, 2.75) is 38.9 Å². The molecule has 0 bridgehead atoms. The van der Waals surface area contributed by atoms with Crippen LogP contribution in [0, 0.1) is 11.3 Å². The maximum atomic E-state index is 11.6. The van der Waals surface area contributed by atoms with Crippen LogP contribution in [0.2, 0.25) is 0 Å². The molecular formula is C10H16Na2O4. The fraction of sp³-hybridized carbons (Fsp3) is 0.900. The zero-order valence-corrected chi connectivity index (χ0v) is 14.8. The Bertz CT molecular complexity index is 233. The number of hydrogen-bond donors (Lipinski definition) is 0. The van der Waals surface area contributed by atoms with Gasteiger partial charge < -0.3 is 14.9 Å². The van der Waals surface area contributed by atoms with Gasteiger partial charge in [-0.1, -0.05) is 26.7 Å². The van der Waals surface area contributed by atoms with Crippen molar-refractivity contribution in [1.82, 2.24) is 0 Å². The van der Waals surface area contributed by atoms with Crippen LogP contribution < -0.4 is 69.3 Å². The van der Waals surface area contributed by atoms with E-state index in [1.807, 2.05) is 0 Å². The molecule has 4 nitrogen and oxygen atoms in total. The summed E-state index contributed by atoms with van der Waals surface area (Å²) in [7, 11) is 1.27. The summed E-state index contributed by atoms with van der Waals surface area (Å²) in [5.74, 6) is -1.17. The second-order valence-electron chi connectivity index (χ2n) is 4.59. The van der Waals surface area contributed by atoms with Crippen molar-refractivity contribution < 1.29 is 78.9 Å². The molecule has 1 rings (SSSR count). The first-order chi connectivity index (χ1) is 6.38. The van der Waals surface area contributed by atoms with Crippen molar-refractivity contribution in [2.24, 2.45) is 11.3 Å². The minimum atomic E-state index is -1.12. The zero-order valence-electron chi connectivity index (χ0n) is 10.8. The van der Waals surface area contributed by atoms with E-state index in [2.05, 4.69) is 4.74 Å². The largest absolute Gasteiger partial charge is 1.00 e. The molecule has 0 amide bonds. The van der Waals surface area contributed by atoms with Gasteiger partial charge >= 0.3 is 65.1 Å². The van der Waals surface area contributed by atoms with Gasteiger partial charge in [-0.3, -0.25) is 4.79 Å². The van der Waals surface area contributed by atoms with Crippen LogP contribution >= 0.6 is 0 Å². The first kappa shape index (κ1) is 19.7. The molecule has 0 aliphatic heterocycles. The molecule has 6 heteroatoms. The summed E-state index contributed by atoms with van der Waals surface area (Å²) in [6, 6.07) is 0. The quantitative estimate of drug-likeness (QED) is 0.340. The van der Waals surface area contributed by atoms with Crippen molar-refractivity contribution >= 4 is 5.97 Å². The number of carbonyl (C=O) groups is 1. The van der Waals surface area contributed by atoms with Crippen molar-refractivity contribution in [1.29, 1.82) is 0 Å². The van der Waals surface area contributed by atoms with E-state index >= 15 is 0 Å². The third kappa shape index (κ3) is 4.58. The molecule has 3 unspecified atom stereocenters. The Hall–Kier alpha value is 1.39. The maximum absolute atomic E-state index is 11.6. The fourth-order valence-corrected chi connectivity index (χ4v) is 2.29. The van der Waals surface area contributed by atoms with Gasteiger partial charge in [-0.05, 0) is 5.41 Å². The van der Waals surface area contributed by atoms with Crippen LogP contribution in [-0.2, 0) is 9.53 Å². The van der Waals surface area contributed by atoms with Crippen molar-refractivity contribution in [3.8, 4) is 0 Å². The van der Waals surface area contributed by atoms with Gasteiger partial charge in [0.15, 0.2) is 0 Å². The smallest absolute Gasteiger partial charge is 0.852 e. The molecule has 0 saturated heterocycles. The predicted octanol–water partition coefficient (Wildman–Crippen LogP) is -6.94. The molecule has 1 aliphatic rings. The predicted molar refractivity (Wildman–Crippen MR) is 46.1 cm³/mol. The molecule has 3 atom stereocenters. The number of carbonyl (C=O) groups excluding carboxylic acids is 1. The molecule has 1 saturated carbocycles. The van der Waals surface area contributed by atoms with E-state index in [4.69, 9.17) is 0 Å². The van der Waals surface area contributed by atoms with E-state index in [-0.39, 0.29) is 65.5 Å². The summed E-state index contributed by atoms with van der Waals surface area (Å²) in [4.78, 5) is 11.4. The van der Waals surface area contributed by atoms with Crippen molar-refractivity contribution in [2.75, 3.05) is 7.11 Å². The summed E-state index contributed by atoms with van der Waals surface area (Å²) in [6.45, 7) is 3.56. The molecule has 0 aromatic carbocycles. The van der Waals surface area contributed by atoms with Gasteiger partial charge in [0, 0.05) is 5.92 Å². The maximum Gasteiger partial charge on any atom is 1.00 e. The summed E-state index contributed by atoms with van der Waals surface area (Å²) in [6.07, 6.45) is -1.56. The molecule has 0 heterocycles. The van der Waals surface area contributed by atoms with Crippen molar-refractivity contribution in [3.05, 3.63) is 0 Å². The Morgan fingerprint density at radius 2 is 1.81 bits per heavy atom. The normalized spacial score (nSPS) is 31.9. The molecule has 0 spiro atoms. The molecule has 0 aromatic heterocycles. The van der Waals surface area contributed by atoms with Crippen LogP contribution in [0.15, 0.2) is 0 Å². The van der Waals surface area contributed by atoms with E-state index in [0.29, 0.717) is 6.42 Å². The van der Waals surface area contributed by atoms with E-state index < -0.39 is 29.5 Å². The van der Waals surface area contributed by atoms with E-state index in [9.17, 15) is 15.0 Å². The summed E-state index contributed by atoms with van der Waals surface area (Å²) in [5.41, 5.74) is -0.538. The molecule has 1 fully saturated rings. The van der Waals surface area contributed by atoms with E-state index in [0.717, 1.165) is 0 Å². The first-order valence-electron chi connectivity index (χ1n) is 4.78. The van der Waals surface area contributed by atoms with Crippen LogP contribution in [-0.4, -0.2) is 25.3 Å². The summed E-state index contributed by atoms with van der Waals surface area (Å²) >= 11 is 0. The number of hydrogen-bond acceptors (Lipinski definition) is 4.